The van der Waals surface area contributed by atoms with E-state index in [1.165, 1.54) is 4.88 Å². The van der Waals surface area contributed by atoms with Gasteiger partial charge < -0.3 is 5.32 Å². The third-order valence-corrected chi connectivity index (χ3v) is 7.23. The van der Waals surface area contributed by atoms with Crippen molar-refractivity contribution in [3.8, 4) is 0 Å². The van der Waals surface area contributed by atoms with Crippen molar-refractivity contribution in [1.82, 2.24) is 20.7 Å². The lowest BCUT2D eigenvalue weighted by Gasteiger charge is -2.28. The fourth-order valence-corrected chi connectivity index (χ4v) is 5.62. The maximum Gasteiger partial charge on any atom is 0.344 e. The SMILES string of the molecule is O=C(CN1CCC[C@H]1c1cccs1)NN1C(=O)NC(c2ccccc2)(c2ccccc2)C1=O. The number of nitrogens with one attached hydrogen (secondary N) is 2. The smallest absolute Gasteiger partial charge is 0.314 e. The van der Waals surface area contributed by atoms with Gasteiger partial charge in [0.05, 0.1) is 6.54 Å². The zero-order valence-corrected chi connectivity index (χ0v) is 18.8. The molecule has 33 heavy (non-hydrogen) atoms. The molecule has 1 aromatic heterocycles. The molecule has 2 aliphatic rings. The summed E-state index contributed by atoms with van der Waals surface area (Å²) in [5, 5.41) is 5.69. The van der Waals surface area contributed by atoms with Gasteiger partial charge in [-0.15, -0.1) is 11.3 Å². The summed E-state index contributed by atoms with van der Waals surface area (Å²) in [6.07, 6.45) is 1.99. The van der Waals surface area contributed by atoms with Gasteiger partial charge in [-0.3, -0.25) is 19.9 Å². The number of carbonyl (C=O) groups excluding carboxylic acids is 3. The Morgan fingerprint density at radius 3 is 2.27 bits per heavy atom. The molecule has 0 aliphatic carbocycles. The summed E-state index contributed by atoms with van der Waals surface area (Å²) in [6.45, 7) is 0.914. The minimum Gasteiger partial charge on any atom is -0.314 e. The van der Waals surface area contributed by atoms with E-state index in [0.717, 1.165) is 24.4 Å². The van der Waals surface area contributed by atoms with Crippen molar-refractivity contribution in [2.24, 2.45) is 0 Å². The summed E-state index contributed by atoms with van der Waals surface area (Å²) < 4.78 is 0. The van der Waals surface area contributed by atoms with Crippen LogP contribution in [0.2, 0.25) is 0 Å². The van der Waals surface area contributed by atoms with Crippen molar-refractivity contribution in [3.05, 3.63) is 94.2 Å². The molecule has 2 N–H and O–H groups in total. The summed E-state index contributed by atoms with van der Waals surface area (Å²) in [6, 6.07) is 21.8. The van der Waals surface area contributed by atoms with Crippen molar-refractivity contribution >= 4 is 29.2 Å². The number of imide groups is 1. The number of carbonyl (C=O) groups is 3. The summed E-state index contributed by atoms with van der Waals surface area (Å²) in [4.78, 5) is 42.9. The topological polar surface area (TPSA) is 81.8 Å². The number of urea groups is 1. The largest absolute Gasteiger partial charge is 0.344 e. The zero-order chi connectivity index (χ0) is 22.8. The van der Waals surface area contributed by atoms with Crippen molar-refractivity contribution in [2.75, 3.05) is 13.1 Å². The molecule has 1 atom stereocenters. The lowest BCUT2D eigenvalue weighted by atomic mass is 9.83. The molecule has 0 bridgehead atoms. The number of hydrogen-bond donors (Lipinski definition) is 2. The van der Waals surface area contributed by atoms with E-state index < -0.39 is 17.5 Å². The summed E-state index contributed by atoms with van der Waals surface area (Å²) in [5.74, 6) is -0.923. The number of hydrogen-bond acceptors (Lipinski definition) is 5. The van der Waals surface area contributed by atoms with Gasteiger partial charge in [-0.05, 0) is 42.0 Å². The zero-order valence-electron chi connectivity index (χ0n) is 17.9. The Morgan fingerprint density at radius 1 is 1.00 bits per heavy atom. The van der Waals surface area contributed by atoms with Crippen LogP contribution < -0.4 is 10.7 Å². The predicted octanol–water partition coefficient (Wildman–Crippen LogP) is 3.41. The number of rotatable bonds is 6. The fraction of sp³-hybridized carbons (Fsp3) is 0.240. The van der Waals surface area contributed by atoms with Crippen molar-refractivity contribution < 1.29 is 14.4 Å². The Bertz CT molecular complexity index is 1110. The summed E-state index contributed by atoms with van der Waals surface area (Å²) in [7, 11) is 0. The Balaban J connectivity index is 1.38. The highest BCUT2D eigenvalue weighted by Gasteiger charge is 2.54. The van der Waals surface area contributed by atoms with Crippen LogP contribution in [0.5, 0.6) is 0 Å². The van der Waals surface area contributed by atoms with Gasteiger partial charge in [-0.1, -0.05) is 66.7 Å². The third-order valence-electron chi connectivity index (χ3n) is 6.25. The van der Waals surface area contributed by atoms with Gasteiger partial charge in [0.25, 0.3) is 11.8 Å². The number of thiophene rings is 1. The quantitative estimate of drug-likeness (QED) is 0.553. The molecule has 7 nitrogen and oxygen atoms in total. The van der Waals surface area contributed by atoms with Gasteiger partial charge in [-0.2, -0.15) is 5.01 Å². The van der Waals surface area contributed by atoms with Gasteiger partial charge in [0.15, 0.2) is 5.54 Å². The molecule has 3 aromatic rings. The second kappa shape index (κ2) is 8.80. The highest BCUT2D eigenvalue weighted by molar-refractivity contribution is 7.10. The van der Waals surface area contributed by atoms with Gasteiger partial charge in [-0.25, -0.2) is 4.79 Å². The van der Waals surface area contributed by atoms with E-state index in [1.54, 1.807) is 35.6 Å². The summed E-state index contributed by atoms with van der Waals surface area (Å²) >= 11 is 1.68. The lowest BCUT2D eigenvalue weighted by molar-refractivity contribution is -0.138. The molecule has 4 amide bonds. The molecule has 2 aliphatic heterocycles. The van der Waals surface area contributed by atoms with Crippen molar-refractivity contribution in [1.29, 1.82) is 0 Å². The van der Waals surface area contributed by atoms with Crippen LogP contribution in [-0.4, -0.2) is 40.8 Å². The Hall–Kier alpha value is -3.49. The standard InChI is InChI=1S/C25H24N4O3S/c30-22(17-28-15-7-13-20(28)21-14-8-16-33-21)27-29-23(31)25(26-24(29)32,18-9-3-1-4-10-18)19-11-5-2-6-12-19/h1-6,8-12,14,16,20H,7,13,15,17H2,(H,26,32)(H,27,30)/t20-/m0/s1. The van der Waals surface area contributed by atoms with Crippen LogP contribution in [0.25, 0.3) is 0 Å². The average Bonchev–Trinajstić information content (AvgIpc) is 3.58. The Morgan fingerprint density at radius 2 is 1.67 bits per heavy atom. The van der Waals surface area contributed by atoms with E-state index >= 15 is 0 Å². The third kappa shape index (κ3) is 3.81. The lowest BCUT2D eigenvalue weighted by Crippen LogP contribution is -2.51. The minimum atomic E-state index is -1.40. The molecule has 3 heterocycles. The molecule has 2 saturated heterocycles. The highest BCUT2D eigenvalue weighted by Crippen LogP contribution is 2.36. The summed E-state index contributed by atoms with van der Waals surface area (Å²) in [5.41, 5.74) is 2.41. The van der Waals surface area contributed by atoms with E-state index in [1.807, 2.05) is 47.8 Å². The van der Waals surface area contributed by atoms with Gasteiger partial charge >= 0.3 is 6.03 Å². The monoisotopic (exact) mass is 460 g/mol. The maximum atomic E-state index is 13.7. The molecule has 5 rings (SSSR count). The van der Waals surface area contributed by atoms with E-state index in [4.69, 9.17) is 0 Å². The minimum absolute atomic E-state index is 0.114. The first-order valence-corrected chi connectivity index (χ1v) is 11.8. The maximum absolute atomic E-state index is 13.7. The predicted molar refractivity (Wildman–Crippen MR) is 125 cm³/mol. The molecular weight excluding hydrogens is 436 g/mol. The van der Waals surface area contributed by atoms with Crippen LogP contribution in [0.15, 0.2) is 78.2 Å². The molecule has 8 heteroatoms. The molecule has 0 spiro atoms. The fourth-order valence-electron chi connectivity index (χ4n) is 4.73. The second-order valence-electron chi connectivity index (χ2n) is 8.23. The first-order valence-electron chi connectivity index (χ1n) is 10.9. The molecule has 0 unspecified atom stereocenters. The Kier molecular flexibility index (Phi) is 5.70. The number of benzene rings is 2. The van der Waals surface area contributed by atoms with Gasteiger partial charge in [0, 0.05) is 10.9 Å². The molecule has 2 aromatic carbocycles. The molecule has 2 fully saturated rings. The Labute approximate surface area is 196 Å². The van der Waals surface area contributed by atoms with E-state index in [9.17, 15) is 14.4 Å². The molecular formula is C25H24N4O3S. The van der Waals surface area contributed by atoms with Gasteiger partial charge in [0.2, 0.25) is 0 Å². The van der Waals surface area contributed by atoms with Crippen LogP contribution >= 0.6 is 11.3 Å². The molecule has 168 valence electrons. The van der Waals surface area contributed by atoms with E-state index in [2.05, 4.69) is 21.7 Å². The first-order chi connectivity index (χ1) is 16.1. The van der Waals surface area contributed by atoms with Crippen molar-refractivity contribution in [2.45, 2.75) is 24.4 Å². The first kappa shape index (κ1) is 21.4. The van der Waals surface area contributed by atoms with E-state index in [-0.39, 0.29) is 18.5 Å². The number of amides is 4. The number of nitrogens with zero attached hydrogens (tertiary/aromatic N) is 2. The second-order valence-corrected chi connectivity index (χ2v) is 9.21. The average molecular weight is 461 g/mol. The van der Waals surface area contributed by atoms with E-state index in [0.29, 0.717) is 11.1 Å². The van der Waals surface area contributed by atoms with Gasteiger partial charge in [0.1, 0.15) is 0 Å². The molecule has 0 saturated carbocycles. The van der Waals surface area contributed by atoms with Crippen LogP contribution in [0.1, 0.15) is 34.9 Å². The van der Waals surface area contributed by atoms with Crippen molar-refractivity contribution in [3.63, 3.8) is 0 Å². The molecule has 0 radical (unpaired) electrons. The number of likely N-dealkylation sites (tertiary alicyclic amines) is 1. The van der Waals surface area contributed by atoms with Crippen LogP contribution in [0.3, 0.4) is 0 Å². The van der Waals surface area contributed by atoms with Crippen LogP contribution in [0, 0.1) is 0 Å². The van der Waals surface area contributed by atoms with Crippen LogP contribution in [0.4, 0.5) is 4.79 Å². The normalized spacial score (nSPS) is 20.1. The van der Waals surface area contributed by atoms with Crippen LogP contribution in [-0.2, 0) is 15.1 Å². The number of hydrazine groups is 1. The highest BCUT2D eigenvalue weighted by atomic mass is 32.1.